The maximum absolute atomic E-state index is 14.1. The van der Waals surface area contributed by atoms with Crippen molar-refractivity contribution in [2.45, 2.75) is 37.6 Å². The number of H-pyrrole nitrogens is 1. The number of pyridine rings is 1. The molecule has 3 aromatic heterocycles. The Bertz CT molecular complexity index is 1310. The van der Waals surface area contributed by atoms with Gasteiger partial charge in [0.2, 0.25) is 5.82 Å². The van der Waals surface area contributed by atoms with Crippen molar-refractivity contribution < 1.29 is 8.42 Å². The van der Waals surface area contributed by atoms with Crippen molar-refractivity contribution in [3.63, 3.8) is 0 Å². The van der Waals surface area contributed by atoms with E-state index in [1.165, 1.54) is 23.7 Å². The number of aromatic amines is 1. The number of hydrogen-bond donors (Lipinski definition) is 1. The van der Waals surface area contributed by atoms with E-state index in [2.05, 4.69) is 25.6 Å². The number of thiophene rings is 1. The first-order valence-corrected chi connectivity index (χ1v) is 11.9. The van der Waals surface area contributed by atoms with Gasteiger partial charge in [-0.15, -0.1) is 21.5 Å². The third-order valence-corrected chi connectivity index (χ3v) is 8.90. The molecule has 1 saturated carbocycles. The Morgan fingerprint density at radius 3 is 2.73 bits per heavy atom. The molecule has 1 fully saturated rings. The lowest BCUT2D eigenvalue weighted by Crippen LogP contribution is -2.40. The molecule has 0 saturated heterocycles. The van der Waals surface area contributed by atoms with E-state index in [0.717, 1.165) is 33.5 Å². The van der Waals surface area contributed by atoms with Crippen molar-refractivity contribution in [2.24, 2.45) is 5.92 Å². The molecule has 3 heterocycles. The van der Waals surface area contributed by atoms with Gasteiger partial charge in [0.1, 0.15) is 9.90 Å². The molecule has 0 amide bonds. The number of fused-ring (bicyclic) bond motifs is 1. The predicted molar refractivity (Wildman–Crippen MR) is 116 cm³/mol. The summed E-state index contributed by atoms with van der Waals surface area (Å²) in [5.74, 6) is 0.567. The molecule has 0 spiro atoms. The molecule has 1 aliphatic carbocycles. The number of rotatable bonds is 6. The summed E-state index contributed by atoms with van der Waals surface area (Å²) in [6.07, 6.45) is 4.96. The average Bonchev–Trinajstić information content (AvgIpc) is 3.37. The van der Waals surface area contributed by atoms with Crippen molar-refractivity contribution in [3.05, 3.63) is 48.3 Å². The predicted octanol–water partition coefficient (Wildman–Crippen LogP) is 3.78. The average molecular weight is 441 g/mol. The monoisotopic (exact) mass is 440 g/mol. The number of aromatic nitrogens is 5. The summed E-state index contributed by atoms with van der Waals surface area (Å²) in [5.41, 5.74) is 1.35. The third-order valence-electron chi connectivity index (χ3n) is 5.60. The number of aryl methyl sites for hydroxylation is 1. The minimum atomic E-state index is -3.93. The lowest BCUT2D eigenvalue weighted by molar-refractivity contribution is 0.567. The third kappa shape index (κ3) is 3.07. The highest BCUT2D eigenvalue weighted by Crippen LogP contribution is 2.45. The van der Waals surface area contributed by atoms with Crippen LogP contribution < -0.4 is 4.31 Å². The summed E-state index contributed by atoms with van der Waals surface area (Å²) in [6, 6.07) is 9.45. The molecule has 0 bridgehead atoms. The summed E-state index contributed by atoms with van der Waals surface area (Å²) in [4.78, 5) is 4.17. The first-order chi connectivity index (χ1) is 14.5. The lowest BCUT2D eigenvalue weighted by Gasteiger charge is -2.30. The van der Waals surface area contributed by atoms with E-state index in [4.69, 9.17) is 0 Å². The quantitative estimate of drug-likeness (QED) is 0.489. The van der Waals surface area contributed by atoms with Gasteiger partial charge in [-0.2, -0.15) is 5.21 Å². The van der Waals surface area contributed by atoms with Crippen LogP contribution in [0.3, 0.4) is 0 Å². The second-order valence-corrected chi connectivity index (χ2v) is 10.3. The van der Waals surface area contributed by atoms with E-state index < -0.39 is 10.0 Å². The number of benzene rings is 1. The van der Waals surface area contributed by atoms with E-state index in [1.807, 2.05) is 38.1 Å². The van der Waals surface area contributed by atoms with Gasteiger partial charge < -0.3 is 0 Å². The number of anilines is 1. The van der Waals surface area contributed by atoms with Crippen LogP contribution in [0.25, 0.3) is 21.5 Å². The van der Waals surface area contributed by atoms with Crippen LogP contribution in [0.1, 0.15) is 25.3 Å². The zero-order valence-corrected chi connectivity index (χ0v) is 18.1. The Hall–Kier alpha value is -2.85. The Morgan fingerprint density at radius 2 is 2.03 bits per heavy atom. The molecule has 10 heteroatoms. The van der Waals surface area contributed by atoms with Crippen molar-refractivity contribution in [1.82, 2.24) is 25.6 Å². The molecule has 0 radical (unpaired) electrons. The highest BCUT2D eigenvalue weighted by molar-refractivity contribution is 7.93. The molecule has 5 rings (SSSR count). The Kier molecular flexibility index (Phi) is 4.55. The fraction of sp³-hybridized carbons (Fsp3) is 0.300. The summed E-state index contributed by atoms with van der Waals surface area (Å²) in [5, 5.41) is 15.8. The second-order valence-electron chi connectivity index (χ2n) is 7.51. The van der Waals surface area contributed by atoms with Gasteiger partial charge >= 0.3 is 0 Å². The number of hydrogen-bond acceptors (Lipinski definition) is 7. The number of nitrogens with one attached hydrogen (secondary N) is 1. The van der Waals surface area contributed by atoms with Gasteiger partial charge in [-0.3, -0.25) is 9.29 Å². The van der Waals surface area contributed by atoms with Crippen molar-refractivity contribution in [1.29, 1.82) is 0 Å². The van der Waals surface area contributed by atoms with Gasteiger partial charge in [-0.1, -0.05) is 18.2 Å². The maximum atomic E-state index is 14.1. The minimum Gasteiger partial charge on any atom is -0.263 e. The Morgan fingerprint density at radius 1 is 1.23 bits per heavy atom. The van der Waals surface area contributed by atoms with Crippen LogP contribution in [-0.2, 0) is 10.0 Å². The zero-order valence-electron chi connectivity index (χ0n) is 16.5. The second kappa shape index (κ2) is 7.13. The van der Waals surface area contributed by atoms with Crippen LogP contribution >= 0.6 is 11.3 Å². The van der Waals surface area contributed by atoms with Gasteiger partial charge in [0.25, 0.3) is 10.0 Å². The smallest absolute Gasteiger partial charge is 0.263 e. The van der Waals surface area contributed by atoms with E-state index in [-0.39, 0.29) is 16.8 Å². The lowest BCUT2D eigenvalue weighted by atomic mass is 10.1. The molecule has 1 unspecified atom stereocenters. The van der Waals surface area contributed by atoms with Gasteiger partial charge in [0.05, 0.1) is 0 Å². The summed E-state index contributed by atoms with van der Waals surface area (Å²) in [7, 11) is -3.93. The first kappa shape index (κ1) is 19.1. The first-order valence-electron chi connectivity index (χ1n) is 9.69. The van der Waals surface area contributed by atoms with Gasteiger partial charge in [-0.05, 0) is 60.9 Å². The molecule has 1 N–H and O–H groups in total. The van der Waals surface area contributed by atoms with Crippen LogP contribution in [-0.4, -0.2) is 40.1 Å². The molecule has 4 aromatic rings. The normalized spacial score (nSPS) is 15.4. The summed E-state index contributed by atoms with van der Waals surface area (Å²) >= 11 is 1.51. The number of sulfonamides is 1. The number of nitrogens with zero attached hydrogens (tertiary/aromatic N) is 5. The van der Waals surface area contributed by atoms with Gasteiger partial charge in [-0.25, -0.2) is 8.42 Å². The van der Waals surface area contributed by atoms with Crippen LogP contribution in [0.4, 0.5) is 5.00 Å². The molecular weight excluding hydrogens is 420 g/mol. The summed E-state index contributed by atoms with van der Waals surface area (Å²) < 4.78 is 30.8. The highest BCUT2D eigenvalue weighted by Gasteiger charge is 2.41. The molecule has 8 nitrogen and oxygen atoms in total. The molecule has 30 heavy (non-hydrogen) atoms. The standard InChI is InChI=1S/C20H20N6O2S2/c1-12-15-5-3-4-6-17(15)29-20(12)26(13(2)14-7-8-14)30(27,28)18-11-21-10-9-16(18)19-22-24-25-23-19/h3-6,9-11,13-14H,7-8H2,1-2H3,(H,22,23,24,25). The van der Waals surface area contributed by atoms with Crippen LogP contribution in [0, 0.1) is 12.8 Å². The maximum Gasteiger partial charge on any atom is 0.267 e. The van der Waals surface area contributed by atoms with E-state index in [9.17, 15) is 8.42 Å². The van der Waals surface area contributed by atoms with Gasteiger partial charge in [0.15, 0.2) is 0 Å². The highest BCUT2D eigenvalue weighted by atomic mass is 32.2. The topological polar surface area (TPSA) is 105 Å². The van der Waals surface area contributed by atoms with Crippen molar-refractivity contribution in [3.8, 4) is 11.4 Å². The van der Waals surface area contributed by atoms with Gasteiger partial charge in [0, 0.05) is 28.7 Å². The van der Waals surface area contributed by atoms with Crippen LogP contribution in [0.5, 0.6) is 0 Å². The van der Waals surface area contributed by atoms with E-state index >= 15 is 0 Å². The van der Waals surface area contributed by atoms with E-state index in [1.54, 1.807) is 10.4 Å². The van der Waals surface area contributed by atoms with Crippen molar-refractivity contribution in [2.75, 3.05) is 4.31 Å². The molecule has 0 aliphatic heterocycles. The molecule has 1 aliphatic rings. The van der Waals surface area contributed by atoms with Crippen LogP contribution in [0.2, 0.25) is 0 Å². The van der Waals surface area contributed by atoms with Crippen molar-refractivity contribution >= 4 is 36.4 Å². The molecule has 154 valence electrons. The fourth-order valence-electron chi connectivity index (χ4n) is 3.81. The Balaban J connectivity index is 1.72. The van der Waals surface area contributed by atoms with Crippen LogP contribution in [0.15, 0.2) is 47.6 Å². The SMILES string of the molecule is Cc1c(N(C(C)C2CC2)S(=O)(=O)c2cnccc2-c2nn[nH]n2)sc2ccccc12. The largest absolute Gasteiger partial charge is 0.267 e. The molecule has 1 aromatic carbocycles. The number of tetrazole rings is 1. The van der Waals surface area contributed by atoms with E-state index in [0.29, 0.717) is 11.5 Å². The zero-order chi connectivity index (χ0) is 20.9. The minimum absolute atomic E-state index is 0.0794. The fourth-order valence-corrected chi connectivity index (χ4v) is 7.23. The Labute approximate surface area is 178 Å². The molecule has 1 atom stereocenters. The summed E-state index contributed by atoms with van der Waals surface area (Å²) in [6.45, 7) is 3.98. The molecular formula is C20H20N6O2S2.